The summed E-state index contributed by atoms with van der Waals surface area (Å²) in [5, 5.41) is 16.6. The van der Waals surface area contributed by atoms with E-state index in [2.05, 4.69) is 45.0 Å². The summed E-state index contributed by atoms with van der Waals surface area (Å²) < 4.78 is 7.78. The summed E-state index contributed by atoms with van der Waals surface area (Å²) in [5.41, 5.74) is 2.75. The Morgan fingerprint density at radius 1 is 0.895 bits per heavy atom. The SMILES string of the molecule is CN1CCC(N2CCN(SCCCCC3CCCN3C)CC2)CC1.CO.COc1cc(C)c(O)c(C)c1C. The molecule has 0 radical (unpaired) electrons. The minimum Gasteiger partial charge on any atom is -0.507 e. The van der Waals surface area contributed by atoms with Gasteiger partial charge in [-0.3, -0.25) is 4.90 Å². The zero-order valence-electron chi connectivity index (χ0n) is 25.3. The number of likely N-dealkylation sites (tertiary alicyclic amines) is 2. The van der Waals surface area contributed by atoms with Crippen molar-refractivity contribution in [2.24, 2.45) is 0 Å². The summed E-state index contributed by atoms with van der Waals surface area (Å²) in [4.78, 5) is 7.81. The highest BCUT2D eigenvalue weighted by molar-refractivity contribution is 7.97. The smallest absolute Gasteiger partial charge is 0.122 e. The lowest BCUT2D eigenvalue weighted by molar-refractivity contribution is 0.0919. The van der Waals surface area contributed by atoms with E-state index in [1.807, 2.05) is 26.8 Å². The van der Waals surface area contributed by atoms with Gasteiger partial charge in [-0.25, -0.2) is 4.31 Å². The van der Waals surface area contributed by atoms with E-state index < -0.39 is 0 Å². The number of rotatable bonds is 8. The Labute approximate surface area is 237 Å². The second-order valence-corrected chi connectivity index (χ2v) is 12.3. The monoisotopic (exact) mass is 552 g/mol. The van der Waals surface area contributed by atoms with E-state index in [1.54, 1.807) is 7.11 Å². The molecule has 3 aliphatic rings. The van der Waals surface area contributed by atoms with E-state index in [0.717, 1.165) is 41.6 Å². The number of aryl methyl sites for hydroxylation is 1. The standard InChI is InChI=1S/C19H38N4S.C10H14O2.CH4O/c1-20-11-8-19(9-12-20)22-13-15-23(16-14-22)24-17-4-3-6-18-7-5-10-21(18)2;1-6-5-9(12-4)7(2)8(3)10(6)11;1-2/h18-19H,3-17H2,1-2H3;5,11H,1-4H3;2H,1H3. The fourth-order valence-electron chi connectivity index (χ4n) is 5.82. The van der Waals surface area contributed by atoms with E-state index in [0.29, 0.717) is 5.75 Å². The lowest BCUT2D eigenvalue weighted by atomic mass is 10.0. The van der Waals surface area contributed by atoms with Gasteiger partial charge in [-0.05, 0) is 116 Å². The number of hydrogen-bond acceptors (Lipinski definition) is 8. The molecule has 3 heterocycles. The Morgan fingerprint density at radius 2 is 1.55 bits per heavy atom. The Hall–Kier alpha value is -1.03. The van der Waals surface area contributed by atoms with Crippen molar-refractivity contribution in [2.45, 2.75) is 77.8 Å². The Morgan fingerprint density at radius 3 is 2.13 bits per heavy atom. The second-order valence-electron chi connectivity index (χ2n) is 11.1. The van der Waals surface area contributed by atoms with Crippen LogP contribution in [0.1, 0.15) is 61.6 Å². The third-order valence-electron chi connectivity index (χ3n) is 8.58. The summed E-state index contributed by atoms with van der Waals surface area (Å²) >= 11 is 2.11. The lowest BCUT2D eigenvalue weighted by Crippen LogP contribution is -2.51. The molecule has 0 bridgehead atoms. The molecule has 0 aromatic heterocycles. The first-order valence-electron chi connectivity index (χ1n) is 14.6. The fraction of sp³-hybridized carbons (Fsp3) is 0.800. The summed E-state index contributed by atoms with van der Waals surface area (Å²) in [6.07, 6.45) is 9.82. The third kappa shape index (κ3) is 10.2. The minimum absolute atomic E-state index is 0.369. The molecule has 3 aliphatic heterocycles. The molecule has 1 atom stereocenters. The average molecular weight is 553 g/mol. The van der Waals surface area contributed by atoms with Gasteiger partial charge in [-0.1, -0.05) is 18.4 Å². The van der Waals surface area contributed by atoms with Crippen molar-refractivity contribution in [3.8, 4) is 11.5 Å². The maximum atomic E-state index is 9.55. The molecule has 0 saturated carbocycles. The molecule has 3 fully saturated rings. The highest BCUT2D eigenvalue weighted by atomic mass is 32.2. The van der Waals surface area contributed by atoms with Crippen LogP contribution in [0.2, 0.25) is 0 Å². The highest BCUT2D eigenvalue weighted by Gasteiger charge is 2.26. The van der Waals surface area contributed by atoms with Crippen molar-refractivity contribution >= 4 is 11.9 Å². The predicted octanol–water partition coefficient (Wildman–Crippen LogP) is 4.55. The summed E-state index contributed by atoms with van der Waals surface area (Å²) in [7, 11) is 7.20. The largest absolute Gasteiger partial charge is 0.507 e. The number of piperidine rings is 1. The number of aliphatic hydroxyl groups is 1. The first-order chi connectivity index (χ1) is 18.3. The van der Waals surface area contributed by atoms with E-state index in [9.17, 15) is 5.11 Å². The lowest BCUT2D eigenvalue weighted by Gasteiger charge is -2.41. The molecular formula is C30H56N4O3S. The molecule has 1 unspecified atom stereocenters. The predicted molar refractivity (Wildman–Crippen MR) is 163 cm³/mol. The molecule has 1 aromatic rings. The van der Waals surface area contributed by atoms with Crippen molar-refractivity contribution < 1.29 is 14.9 Å². The van der Waals surface area contributed by atoms with Crippen LogP contribution in [0.5, 0.6) is 11.5 Å². The minimum atomic E-state index is 0.369. The normalized spacial score (nSPS) is 21.9. The average Bonchev–Trinajstić information content (AvgIpc) is 3.36. The van der Waals surface area contributed by atoms with Gasteiger partial charge in [0.25, 0.3) is 0 Å². The first-order valence-corrected chi connectivity index (χ1v) is 15.5. The van der Waals surface area contributed by atoms with E-state index >= 15 is 0 Å². The van der Waals surface area contributed by atoms with Crippen LogP contribution in [0.3, 0.4) is 0 Å². The van der Waals surface area contributed by atoms with Gasteiger partial charge >= 0.3 is 0 Å². The molecule has 0 amide bonds. The molecule has 1 aromatic carbocycles. The van der Waals surface area contributed by atoms with Gasteiger partial charge in [0.05, 0.1) is 7.11 Å². The quantitative estimate of drug-likeness (QED) is 0.360. The molecule has 3 saturated heterocycles. The van der Waals surface area contributed by atoms with Crippen molar-refractivity contribution in [3.63, 3.8) is 0 Å². The number of phenolic OH excluding ortho intramolecular Hbond substituents is 1. The van der Waals surface area contributed by atoms with E-state index in [4.69, 9.17) is 9.84 Å². The zero-order chi connectivity index (χ0) is 28.1. The first kappa shape index (κ1) is 33.2. The van der Waals surface area contributed by atoms with Crippen LogP contribution in [-0.4, -0.2) is 121 Å². The van der Waals surface area contributed by atoms with Crippen molar-refractivity contribution in [1.29, 1.82) is 0 Å². The van der Waals surface area contributed by atoms with Crippen molar-refractivity contribution in [2.75, 3.05) is 79.9 Å². The number of benzene rings is 1. The van der Waals surface area contributed by atoms with Gasteiger partial charge in [-0.2, -0.15) is 0 Å². The fourth-order valence-corrected chi connectivity index (χ4v) is 6.83. The molecule has 38 heavy (non-hydrogen) atoms. The molecule has 220 valence electrons. The summed E-state index contributed by atoms with van der Waals surface area (Å²) in [6.45, 7) is 14.7. The van der Waals surface area contributed by atoms with Gasteiger partial charge in [0.1, 0.15) is 11.5 Å². The molecule has 0 aliphatic carbocycles. The van der Waals surface area contributed by atoms with Crippen molar-refractivity contribution in [1.82, 2.24) is 19.0 Å². The Bertz CT molecular complexity index is 796. The molecule has 4 rings (SSSR count). The molecule has 8 heteroatoms. The number of aromatic hydroxyl groups is 1. The number of hydrogen-bond donors (Lipinski definition) is 2. The van der Waals surface area contributed by atoms with Crippen LogP contribution in [0.15, 0.2) is 6.07 Å². The van der Waals surface area contributed by atoms with Crippen LogP contribution in [0, 0.1) is 20.8 Å². The molecule has 7 nitrogen and oxygen atoms in total. The number of ether oxygens (including phenoxy) is 1. The topological polar surface area (TPSA) is 62.7 Å². The van der Waals surface area contributed by atoms with E-state index in [-0.39, 0.29) is 0 Å². The van der Waals surface area contributed by atoms with Crippen molar-refractivity contribution in [3.05, 3.63) is 22.8 Å². The summed E-state index contributed by atoms with van der Waals surface area (Å²) in [6, 6.07) is 3.59. The molecule has 2 N–H and O–H groups in total. The number of unbranched alkanes of at least 4 members (excludes halogenated alkanes) is 1. The van der Waals surface area contributed by atoms with Gasteiger partial charge in [0, 0.05) is 51.1 Å². The highest BCUT2D eigenvalue weighted by Crippen LogP contribution is 2.31. The maximum absolute atomic E-state index is 9.55. The number of piperazine rings is 1. The Kier molecular flexibility index (Phi) is 15.4. The number of nitrogens with zero attached hydrogens (tertiary/aromatic N) is 4. The van der Waals surface area contributed by atoms with Crippen LogP contribution >= 0.6 is 11.9 Å². The van der Waals surface area contributed by atoms with Gasteiger partial charge < -0.3 is 24.7 Å². The molecule has 0 spiro atoms. The summed E-state index contributed by atoms with van der Waals surface area (Å²) in [5.74, 6) is 2.53. The van der Waals surface area contributed by atoms with Crippen LogP contribution in [0.25, 0.3) is 0 Å². The number of aliphatic hydroxyl groups excluding tert-OH is 1. The van der Waals surface area contributed by atoms with Gasteiger partial charge in [-0.15, -0.1) is 0 Å². The van der Waals surface area contributed by atoms with Gasteiger partial charge in [0.2, 0.25) is 0 Å². The zero-order valence-corrected chi connectivity index (χ0v) is 26.2. The second kappa shape index (κ2) is 17.6. The third-order valence-corrected chi connectivity index (χ3v) is 9.78. The maximum Gasteiger partial charge on any atom is 0.122 e. The number of phenols is 1. The molecular weight excluding hydrogens is 496 g/mol. The van der Waals surface area contributed by atoms with Crippen LogP contribution in [0.4, 0.5) is 0 Å². The Balaban J connectivity index is 0.000000305. The van der Waals surface area contributed by atoms with Crippen LogP contribution < -0.4 is 4.74 Å². The van der Waals surface area contributed by atoms with Crippen LogP contribution in [-0.2, 0) is 0 Å². The number of methoxy groups -OCH3 is 1. The van der Waals surface area contributed by atoms with Gasteiger partial charge in [0.15, 0.2) is 0 Å². The van der Waals surface area contributed by atoms with E-state index in [1.165, 1.54) is 96.5 Å².